The summed E-state index contributed by atoms with van der Waals surface area (Å²) in [5, 5.41) is 0. The van der Waals surface area contributed by atoms with Crippen molar-refractivity contribution in [3.05, 3.63) is 65.2 Å². The van der Waals surface area contributed by atoms with Crippen molar-refractivity contribution in [1.82, 2.24) is 19.2 Å². The standard InChI is InChI=1S/C22H23FN4O3S/c1-15-16(2)25-21-14-17(4-9-20(21)24-15)22(28)26-10-3-11-27(13-12-26)31(29,30)19-7-5-18(23)6-8-19/h4-9,14H,3,10-13H2,1-2H3. The number of benzene rings is 2. The second kappa shape index (κ2) is 8.32. The summed E-state index contributed by atoms with van der Waals surface area (Å²) in [5.41, 5.74) is 3.55. The summed E-state index contributed by atoms with van der Waals surface area (Å²) in [4.78, 5) is 23.8. The Balaban J connectivity index is 1.52. The Labute approximate surface area is 180 Å². The number of aryl methyl sites for hydroxylation is 2. The van der Waals surface area contributed by atoms with Gasteiger partial charge in [-0.1, -0.05) is 0 Å². The van der Waals surface area contributed by atoms with Crippen molar-refractivity contribution in [3.63, 3.8) is 0 Å². The van der Waals surface area contributed by atoms with Crippen molar-refractivity contribution in [2.24, 2.45) is 0 Å². The lowest BCUT2D eigenvalue weighted by Crippen LogP contribution is -2.37. The van der Waals surface area contributed by atoms with Crippen molar-refractivity contribution in [1.29, 1.82) is 0 Å². The number of hydrogen-bond donors (Lipinski definition) is 0. The van der Waals surface area contributed by atoms with Gasteiger partial charge >= 0.3 is 0 Å². The highest BCUT2D eigenvalue weighted by atomic mass is 32.2. The summed E-state index contributed by atoms with van der Waals surface area (Å²) >= 11 is 0. The van der Waals surface area contributed by atoms with Crippen molar-refractivity contribution < 1.29 is 17.6 Å². The van der Waals surface area contributed by atoms with Gasteiger partial charge in [0.05, 0.1) is 27.3 Å². The number of halogens is 1. The fraction of sp³-hybridized carbons (Fsp3) is 0.318. The topological polar surface area (TPSA) is 83.5 Å². The van der Waals surface area contributed by atoms with Gasteiger partial charge in [-0.25, -0.2) is 22.8 Å². The highest BCUT2D eigenvalue weighted by Crippen LogP contribution is 2.20. The molecule has 162 valence electrons. The molecule has 1 aliphatic rings. The Morgan fingerprint density at radius 2 is 1.58 bits per heavy atom. The lowest BCUT2D eigenvalue weighted by molar-refractivity contribution is 0.0764. The van der Waals surface area contributed by atoms with Crippen molar-refractivity contribution in [2.45, 2.75) is 25.2 Å². The lowest BCUT2D eigenvalue weighted by atomic mass is 10.1. The second-order valence-corrected chi connectivity index (χ2v) is 9.54. The van der Waals surface area contributed by atoms with Crippen LogP contribution in [0.15, 0.2) is 47.4 Å². The Kier molecular flexibility index (Phi) is 5.72. The van der Waals surface area contributed by atoms with Crippen LogP contribution in [0.25, 0.3) is 11.0 Å². The van der Waals surface area contributed by atoms with E-state index in [9.17, 15) is 17.6 Å². The van der Waals surface area contributed by atoms with Crippen LogP contribution in [0.2, 0.25) is 0 Å². The van der Waals surface area contributed by atoms with Crippen LogP contribution in [-0.2, 0) is 10.0 Å². The number of rotatable bonds is 3. The Morgan fingerprint density at radius 3 is 2.29 bits per heavy atom. The third-order valence-corrected chi connectivity index (χ3v) is 7.43. The molecule has 1 amide bonds. The summed E-state index contributed by atoms with van der Waals surface area (Å²) in [6, 6.07) is 10.0. The van der Waals surface area contributed by atoms with E-state index >= 15 is 0 Å². The van der Waals surface area contributed by atoms with Crippen LogP contribution < -0.4 is 0 Å². The predicted molar refractivity (Wildman–Crippen MR) is 115 cm³/mol. The molecular weight excluding hydrogens is 419 g/mol. The highest BCUT2D eigenvalue weighted by Gasteiger charge is 2.28. The van der Waals surface area contributed by atoms with Crippen molar-refractivity contribution in [3.8, 4) is 0 Å². The maximum absolute atomic E-state index is 13.2. The molecule has 31 heavy (non-hydrogen) atoms. The number of fused-ring (bicyclic) bond motifs is 1. The fourth-order valence-corrected chi connectivity index (χ4v) is 5.11. The average molecular weight is 443 g/mol. The summed E-state index contributed by atoms with van der Waals surface area (Å²) in [7, 11) is -3.74. The number of carbonyl (C=O) groups excluding carboxylic acids is 1. The first-order valence-electron chi connectivity index (χ1n) is 10.1. The average Bonchev–Trinajstić information content (AvgIpc) is 3.01. The van der Waals surface area contributed by atoms with E-state index in [1.54, 1.807) is 23.1 Å². The van der Waals surface area contributed by atoms with Crippen LogP contribution in [-0.4, -0.2) is 59.7 Å². The fourth-order valence-electron chi connectivity index (χ4n) is 3.64. The Hall–Kier alpha value is -2.91. The van der Waals surface area contributed by atoms with Gasteiger partial charge in [0.15, 0.2) is 0 Å². The van der Waals surface area contributed by atoms with E-state index in [1.165, 1.54) is 16.4 Å². The highest BCUT2D eigenvalue weighted by molar-refractivity contribution is 7.89. The van der Waals surface area contributed by atoms with Gasteiger partial charge in [0.25, 0.3) is 5.91 Å². The van der Waals surface area contributed by atoms with Gasteiger partial charge in [0.2, 0.25) is 10.0 Å². The van der Waals surface area contributed by atoms with Crippen molar-refractivity contribution >= 4 is 27.0 Å². The molecule has 2 heterocycles. The number of amides is 1. The smallest absolute Gasteiger partial charge is 0.253 e. The van der Waals surface area contributed by atoms with Gasteiger partial charge in [-0.05, 0) is 62.7 Å². The van der Waals surface area contributed by atoms with Crippen LogP contribution >= 0.6 is 0 Å². The molecule has 7 nitrogen and oxygen atoms in total. The molecule has 1 fully saturated rings. The molecule has 1 aromatic heterocycles. The molecule has 0 radical (unpaired) electrons. The molecule has 0 N–H and O–H groups in total. The molecule has 0 bridgehead atoms. The monoisotopic (exact) mass is 442 g/mol. The summed E-state index contributed by atoms with van der Waals surface area (Å²) in [6.45, 7) is 4.97. The zero-order valence-corrected chi connectivity index (χ0v) is 18.2. The minimum absolute atomic E-state index is 0.0486. The predicted octanol–water partition coefficient (Wildman–Crippen LogP) is 2.92. The second-order valence-electron chi connectivity index (χ2n) is 7.60. The normalized spacial score (nSPS) is 15.8. The van der Waals surface area contributed by atoms with E-state index < -0.39 is 15.8 Å². The van der Waals surface area contributed by atoms with E-state index in [0.29, 0.717) is 30.6 Å². The number of nitrogens with zero attached hydrogens (tertiary/aromatic N) is 4. The van der Waals surface area contributed by atoms with E-state index in [0.717, 1.165) is 29.0 Å². The number of aromatic nitrogens is 2. The molecule has 0 spiro atoms. The molecule has 1 aliphatic heterocycles. The first-order valence-corrected chi connectivity index (χ1v) is 11.5. The zero-order valence-electron chi connectivity index (χ0n) is 17.4. The molecule has 1 saturated heterocycles. The number of sulfonamides is 1. The van der Waals surface area contributed by atoms with Crippen LogP contribution in [0.1, 0.15) is 28.2 Å². The quantitative estimate of drug-likeness (QED) is 0.623. The molecule has 0 saturated carbocycles. The van der Waals surface area contributed by atoms with Crippen molar-refractivity contribution in [2.75, 3.05) is 26.2 Å². The van der Waals surface area contributed by atoms with Crippen LogP contribution in [0, 0.1) is 19.7 Å². The maximum atomic E-state index is 13.2. The molecular formula is C22H23FN4O3S. The molecule has 2 aromatic carbocycles. The van der Waals surface area contributed by atoms with Gasteiger partial charge in [-0.15, -0.1) is 0 Å². The summed E-state index contributed by atoms with van der Waals surface area (Å²) in [5.74, 6) is -0.653. The van der Waals surface area contributed by atoms with Gasteiger partial charge < -0.3 is 4.90 Å². The van der Waals surface area contributed by atoms with E-state index in [-0.39, 0.29) is 23.9 Å². The molecule has 4 rings (SSSR count). The van der Waals surface area contributed by atoms with E-state index in [4.69, 9.17) is 0 Å². The Bertz CT molecular complexity index is 1250. The number of carbonyl (C=O) groups is 1. The molecule has 3 aromatic rings. The van der Waals surface area contributed by atoms with E-state index in [1.807, 2.05) is 13.8 Å². The largest absolute Gasteiger partial charge is 0.337 e. The van der Waals surface area contributed by atoms with Crippen LogP contribution in [0.4, 0.5) is 4.39 Å². The molecule has 0 aliphatic carbocycles. The minimum Gasteiger partial charge on any atom is -0.337 e. The third-order valence-electron chi connectivity index (χ3n) is 5.52. The number of hydrogen-bond acceptors (Lipinski definition) is 5. The van der Waals surface area contributed by atoms with Crippen LogP contribution in [0.3, 0.4) is 0 Å². The first kappa shape index (κ1) is 21.3. The minimum atomic E-state index is -3.74. The lowest BCUT2D eigenvalue weighted by Gasteiger charge is -2.22. The first-order chi connectivity index (χ1) is 14.8. The van der Waals surface area contributed by atoms with E-state index in [2.05, 4.69) is 9.97 Å². The maximum Gasteiger partial charge on any atom is 0.253 e. The van der Waals surface area contributed by atoms with Crippen LogP contribution in [0.5, 0.6) is 0 Å². The Morgan fingerprint density at radius 1 is 0.903 bits per heavy atom. The van der Waals surface area contributed by atoms with Gasteiger partial charge in [0.1, 0.15) is 5.82 Å². The van der Waals surface area contributed by atoms with Gasteiger partial charge in [-0.3, -0.25) is 4.79 Å². The SMILES string of the molecule is Cc1nc2ccc(C(=O)N3CCCN(S(=O)(=O)c4ccc(F)cc4)CC3)cc2nc1C. The third kappa shape index (κ3) is 4.28. The summed E-state index contributed by atoms with van der Waals surface area (Å²) < 4.78 is 40.3. The molecule has 0 atom stereocenters. The van der Waals surface area contributed by atoms with Gasteiger partial charge in [0, 0.05) is 31.7 Å². The molecule has 0 unspecified atom stereocenters. The molecule has 9 heteroatoms. The summed E-state index contributed by atoms with van der Waals surface area (Å²) in [6.07, 6.45) is 0.512. The van der Waals surface area contributed by atoms with Gasteiger partial charge in [-0.2, -0.15) is 4.31 Å². The zero-order chi connectivity index (χ0) is 22.2.